The Bertz CT molecular complexity index is 460. The highest BCUT2D eigenvalue weighted by molar-refractivity contribution is 8.00. The normalized spacial score (nSPS) is 10.8. The minimum Gasteiger partial charge on any atom is -0.375 e. The van der Waals surface area contributed by atoms with E-state index in [1.54, 1.807) is 23.1 Å². The highest BCUT2D eigenvalue weighted by Crippen LogP contribution is 2.32. The smallest absolute Gasteiger partial charge is 0.181 e. The SMILES string of the molecule is Cc1nc(N)sc1SCc1cnn(C)c1. The number of thioether (sulfide) groups is 1. The van der Waals surface area contributed by atoms with Crippen molar-refractivity contribution in [2.75, 3.05) is 5.73 Å². The van der Waals surface area contributed by atoms with Crippen LogP contribution in [0.1, 0.15) is 11.3 Å². The number of thiazole rings is 1. The zero-order valence-corrected chi connectivity index (χ0v) is 10.2. The van der Waals surface area contributed by atoms with Gasteiger partial charge >= 0.3 is 0 Å². The Kier molecular flexibility index (Phi) is 2.97. The van der Waals surface area contributed by atoms with Crippen molar-refractivity contribution in [1.82, 2.24) is 14.8 Å². The van der Waals surface area contributed by atoms with Crippen LogP contribution in [0.4, 0.5) is 5.13 Å². The second kappa shape index (κ2) is 4.24. The van der Waals surface area contributed by atoms with Gasteiger partial charge in [0.1, 0.15) is 0 Å². The molecule has 80 valence electrons. The van der Waals surface area contributed by atoms with Gasteiger partial charge in [-0.25, -0.2) is 4.98 Å². The summed E-state index contributed by atoms with van der Waals surface area (Å²) in [6, 6.07) is 0. The van der Waals surface area contributed by atoms with E-state index in [4.69, 9.17) is 5.73 Å². The van der Waals surface area contributed by atoms with Crippen LogP contribution in [0, 0.1) is 6.92 Å². The second-order valence-electron chi connectivity index (χ2n) is 3.24. The highest BCUT2D eigenvalue weighted by atomic mass is 32.2. The number of nitrogen functional groups attached to an aromatic ring is 1. The van der Waals surface area contributed by atoms with Crippen LogP contribution in [0.15, 0.2) is 16.6 Å². The average Bonchev–Trinajstić information content (AvgIpc) is 2.70. The van der Waals surface area contributed by atoms with Crippen molar-refractivity contribution in [3.8, 4) is 0 Å². The maximum Gasteiger partial charge on any atom is 0.181 e. The molecule has 0 aliphatic rings. The average molecular weight is 240 g/mol. The van der Waals surface area contributed by atoms with Crippen molar-refractivity contribution in [1.29, 1.82) is 0 Å². The first kappa shape index (κ1) is 10.5. The number of hydrogen-bond acceptors (Lipinski definition) is 5. The quantitative estimate of drug-likeness (QED) is 0.834. The third kappa shape index (κ3) is 2.51. The molecule has 2 N–H and O–H groups in total. The minimum absolute atomic E-state index is 0.640. The van der Waals surface area contributed by atoms with E-state index in [-0.39, 0.29) is 0 Å². The molecule has 0 spiro atoms. The number of nitrogens with two attached hydrogens (primary N) is 1. The van der Waals surface area contributed by atoms with Gasteiger partial charge in [0.2, 0.25) is 0 Å². The van der Waals surface area contributed by atoms with Gasteiger partial charge in [-0.15, -0.1) is 11.8 Å². The van der Waals surface area contributed by atoms with Crippen LogP contribution in [0.3, 0.4) is 0 Å². The third-order valence-corrected chi connectivity index (χ3v) is 4.32. The maximum atomic E-state index is 5.63. The number of nitrogens with zero attached hydrogens (tertiary/aromatic N) is 3. The molecule has 4 nitrogen and oxygen atoms in total. The lowest BCUT2D eigenvalue weighted by atomic mass is 10.4. The van der Waals surface area contributed by atoms with Gasteiger partial charge in [0.05, 0.1) is 16.1 Å². The topological polar surface area (TPSA) is 56.7 Å². The summed E-state index contributed by atoms with van der Waals surface area (Å²) in [6.45, 7) is 1.98. The molecule has 0 saturated heterocycles. The Hall–Kier alpha value is -1.01. The Balaban J connectivity index is 2.01. The fraction of sp³-hybridized carbons (Fsp3) is 0.333. The summed E-state index contributed by atoms with van der Waals surface area (Å²) in [7, 11) is 1.92. The van der Waals surface area contributed by atoms with Crippen LogP contribution in [0.2, 0.25) is 0 Å². The van der Waals surface area contributed by atoms with E-state index in [2.05, 4.69) is 10.1 Å². The van der Waals surface area contributed by atoms with Crippen LogP contribution in [0.25, 0.3) is 0 Å². The van der Waals surface area contributed by atoms with Gasteiger partial charge in [-0.1, -0.05) is 11.3 Å². The molecule has 0 aliphatic carbocycles. The van der Waals surface area contributed by atoms with Crippen LogP contribution < -0.4 is 5.73 Å². The Morgan fingerprint density at radius 2 is 2.40 bits per heavy atom. The predicted octanol–water partition coefficient (Wildman–Crippen LogP) is 2.06. The van der Waals surface area contributed by atoms with Crippen LogP contribution in [-0.4, -0.2) is 14.8 Å². The zero-order chi connectivity index (χ0) is 10.8. The molecule has 0 aliphatic heterocycles. The van der Waals surface area contributed by atoms with Crippen molar-refractivity contribution >= 4 is 28.2 Å². The molecule has 2 rings (SSSR count). The van der Waals surface area contributed by atoms with E-state index in [0.29, 0.717) is 5.13 Å². The fourth-order valence-corrected chi connectivity index (χ4v) is 3.17. The number of anilines is 1. The lowest BCUT2D eigenvalue weighted by Gasteiger charge is -1.95. The van der Waals surface area contributed by atoms with Crippen molar-refractivity contribution in [3.63, 3.8) is 0 Å². The molecule has 0 unspecified atom stereocenters. The molecular weight excluding hydrogens is 228 g/mol. The third-order valence-electron chi connectivity index (χ3n) is 1.90. The van der Waals surface area contributed by atoms with E-state index >= 15 is 0 Å². The first-order valence-corrected chi connectivity index (χ1v) is 6.28. The van der Waals surface area contributed by atoms with Crippen LogP contribution in [0.5, 0.6) is 0 Å². The summed E-state index contributed by atoms with van der Waals surface area (Å²) < 4.78 is 3.00. The van der Waals surface area contributed by atoms with Gasteiger partial charge in [0.25, 0.3) is 0 Å². The molecule has 0 bridgehead atoms. The van der Waals surface area contributed by atoms with Crippen LogP contribution >= 0.6 is 23.1 Å². The molecular formula is C9H12N4S2. The highest BCUT2D eigenvalue weighted by Gasteiger charge is 2.06. The molecule has 0 fully saturated rings. The molecule has 2 aromatic rings. The first-order valence-electron chi connectivity index (χ1n) is 4.48. The zero-order valence-electron chi connectivity index (χ0n) is 8.60. The van der Waals surface area contributed by atoms with Gasteiger partial charge < -0.3 is 5.73 Å². The summed E-state index contributed by atoms with van der Waals surface area (Å²) in [5.41, 5.74) is 7.87. The second-order valence-corrected chi connectivity index (χ2v) is 5.51. The Morgan fingerprint density at radius 3 is 2.93 bits per heavy atom. The summed E-state index contributed by atoms with van der Waals surface area (Å²) in [6.07, 6.45) is 3.90. The molecule has 0 radical (unpaired) electrons. The maximum absolute atomic E-state index is 5.63. The molecule has 0 saturated carbocycles. The van der Waals surface area contributed by atoms with Crippen molar-refractivity contribution < 1.29 is 0 Å². The largest absolute Gasteiger partial charge is 0.375 e. The fourth-order valence-electron chi connectivity index (χ4n) is 1.23. The van der Waals surface area contributed by atoms with Gasteiger partial charge in [0, 0.05) is 24.6 Å². The molecule has 6 heteroatoms. The molecule has 0 amide bonds. The Labute approximate surface area is 96.5 Å². The molecule has 2 heterocycles. The standard InChI is InChI=1S/C9H12N4S2/c1-6-8(15-9(10)12-6)14-5-7-3-11-13(2)4-7/h3-4H,5H2,1-2H3,(H2,10,12). The summed E-state index contributed by atoms with van der Waals surface area (Å²) >= 11 is 3.30. The summed E-state index contributed by atoms with van der Waals surface area (Å²) in [5.74, 6) is 0.913. The monoisotopic (exact) mass is 240 g/mol. The predicted molar refractivity (Wildman–Crippen MR) is 64.0 cm³/mol. The first-order chi connectivity index (χ1) is 7.15. The minimum atomic E-state index is 0.640. The van der Waals surface area contributed by atoms with Crippen molar-refractivity contribution in [2.24, 2.45) is 7.05 Å². The van der Waals surface area contributed by atoms with E-state index in [1.165, 1.54) is 9.77 Å². The number of rotatable bonds is 3. The van der Waals surface area contributed by atoms with Gasteiger partial charge in [0.15, 0.2) is 5.13 Å². The van der Waals surface area contributed by atoms with Crippen molar-refractivity contribution in [2.45, 2.75) is 16.9 Å². The van der Waals surface area contributed by atoms with E-state index in [0.717, 1.165) is 11.4 Å². The van der Waals surface area contributed by atoms with Gasteiger partial charge in [-0.2, -0.15) is 5.10 Å². The van der Waals surface area contributed by atoms with Gasteiger partial charge in [-0.05, 0) is 6.92 Å². The number of aromatic nitrogens is 3. The Morgan fingerprint density at radius 1 is 1.60 bits per heavy atom. The van der Waals surface area contributed by atoms with Crippen molar-refractivity contribution in [3.05, 3.63) is 23.7 Å². The molecule has 2 aromatic heterocycles. The van der Waals surface area contributed by atoms with E-state index in [9.17, 15) is 0 Å². The lowest BCUT2D eigenvalue weighted by Crippen LogP contribution is -1.84. The van der Waals surface area contributed by atoms with E-state index in [1.807, 2.05) is 31.0 Å². The molecule has 0 atom stereocenters. The lowest BCUT2D eigenvalue weighted by molar-refractivity contribution is 0.767. The van der Waals surface area contributed by atoms with Gasteiger partial charge in [-0.3, -0.25) is 4.68 Å². The van der Waals surface area contributed by atoms with Crippen LogP contribution in [-0.2, 0) is 12.8 Å². The molecule has 15 heavy (non-hydrogen) atoms. The summed E-state index contributed by atoms with van der Waals surface area (Å²) in [4.78, 5) is 4.18. The van der Waals surface area contributed by atoms with E-state index < -0.39 is 0 Å². The number of aryl methyl sites for hydroxylation is 2. The molecule has 0 aromatic carbocycles. The summed E-state index contributed by atoms with van der Waals surface area (Å²) in [5, 5.41) is 4.76. The number of hydrogen-bond donors (Lipinski definition) is 1.